The highest BCUT2D eigenvalue weighted by Crippen LogP contribution is 2.29. The average Bonchev–Trinajstić information content (AvgIpc) is 2.29. The Morgan fingerprint density at radius 1 is 1.44 bits per heavy atom. The maximum atomic E-state index is 11.1. The van der Waals surface area contributed by atoms with E-state index in [-0.39, 0.29) is 5.92 Å². The van der Waals surface area contributed by atoms with E-state index in [0.29, 0.717) is 5.92 Å². The molecule has 0 aromatic rings. The van der Waals surface area contributed by atoms with Gasteiger partial charge in [-0.25, -0.2) is 0 Å². The van der Waals surface area contributed by atoms with Gasteiger partial charge in [-0.15, -0.1) is 6.58 Å². The Hall–Kier alpha value is -0.830. The quantitative estimate of drug-likeness (QED) is 0.517. The monoisotopic (exact) mass is 225 g/mol. The fourth-order valence-corrected chi connectivity index (χ4v) is 2.44. The highest BCUT2D eigenvalue weighted by atomic mass is 16.4. The van der Waals surface area contributed by atoms with Crippen LogP contribution in [-0.2, 0) is 4.79 Å². The predicted octanol–water partition coefficient (Wildman–Crippen LogP) is 2.43. The van der Waals surface area contributed by atoms with Gasteiger partial charge in [0.1, 0.15) is 0 Å². The molecule has 0 aliphatic heterocycles. The van der Waals surface area contributed by atoms with Crippen molar-refractivity contribution in [2.24, 2.45) is 11.8 Å². The van der Waals surface area contributed by atoms with Crippen LogP contribution in [0.4, 0.5) is 0 Å². The van der Waals surface area contributed by atoms with Crippen LogP contribution in [0.3, 0.4) is 0 Å². The zero-order valence-electron chi connectivity index (χ0n) is 9.95. The lowest BCUT2D eigenvalue weighted by Gasteiger charge is -2.28. The highest BCUT2D eigenvalue weighted by Gasteiger charge is 2.29. The summed E-state index contributed by atoms with van der Waals surface area (Å²) in [5, 5.41) is 12.5. The first kappa shape index (κ1) is 13.2. The molecule has 0 radical (unpaired) electrons. The summed E-state index contributed by atoms with van der Waals surface area (Å²) in [6.07, 6.45) is 8.21. The van der Waals surface area contributed by atoms with Crippen molar-refractivity contribution in [3.63, 3.8) is 0 Å². The summed E-state index contributed by atoms with van der Waals surface area (Å²) in [7, 11) is 0. The molecule has 0 aromatic carbocycles. The molecule has 0 spiro atoms. The van der Waals surface area contributed by atoms with Crippen LogP contribution < -0.4 is 5.32 Å². The van der Waals surface area contributed by atoms with Gasteiger partial charge in [0.05, 0.1) is 5.92 Å². The molecule has 16 heavy (non-hydrogen) atoms. The molecule has 1 rings (SSSR count). The van der Waals surface area contributed by atoms with Crippen molar-refractivity contribution < 1.29 is 9.90 Å². The van der Waals surface area contributed by atoms with Crippen molar-refractivity contribution in [2.75, 3.05) is 13.1 Å². The van der Waals surface area contributed by atoms with Crippen LogP contribution in [0.1, 0.15) is 38.5 Å². The first-order valence-corrected chi connectivity index (χ1v) is 6.30. The van der Waals surface area contributed by atoms with Gasteiger partial charge in [-0.3, -0.25) is 4.79 Å². The van der Waals surface area contributed by atoms with E-state index in [4.69, 9.17) is 5.11 Å². The summed E-state index contributed by atoms with van der Waals surface area (Å²) in [5.74, 6) is -0.409. The third-order valence-electron chi connectivity index (χ3n) is 3.39. The van der Waals surface area contributed by atoms with E-state index < -0.39 is 5.97 Å². The molecule has 1 saturated carbocycles. The molecule has 0 amide bonds. The van der Waals surface area contributed by atoms with Gasteiger partial charge in [-0.2, -0.15) is 0 Å². The molecule has 3 nitrogen and oxygen atoms in total. The van der Waals surface area contributed by atoms with E-state index in [1.165, 1.54) is 6.42 Å². The molecule has 0 bridgehead atoms. The number of carboxylic acid groups (broad SMARTS) is 1. The molecule has 3 heteroatoms. The van der Waals surface area contributed by atoms with Crippen LogP contribution in [0.5, 0.6) is 0 Å². The number of nitrogens with one attached hydrogen (secondary N) is 1. The SMILES string of the molecule is C=CCCCNCC1CCCCC1C(=O)O. The van der Waals surface area contributed by atoms with Crippen LogP contribution in [0.25, 0.3) is 0 Å². The molecule has 2 unspecified atom stereocenters. The third-order valence-corrected chi connectivity index (χ3v) is 3.39. The Labute approximate surface area is 97.9 Å². The molecule has 2 atom stereocenters. The van der Waals surface area contributed by atoms with Crippen molar-refractivity contribution in [1.29, 1.82) is 0 Å². The predicted molar refractivity (Wildman–Crippen MR) is 65.4 cm³/mol. The maximum Gasteiger partial charge on any atom is 0.306 e. The number of carbonyl (C=O) groups is 1. The minimum absolute atomic E-state index is 0.124. The van der Waals surface area contributed by atoms with Crippen molar-refractivity contribution in [3.8, 4) is 0 Å². The number of rotatable bonds is 7. The van der Waals surface area contributed by atoms with Crippen molar-refractivity contribution >= 4 is 5.97 Å². The van der Waals surface area contributed by atoms with Gasteiger partial charge in [0.25, 0.3) is 0 Å². The number of unbranched alkanes of at least 4 members (excludes halogenated alkanes) is 1. The zero-order chi connectivity index (χ0) is 11.8. The Balaban J connectivity index is 2.22. The summed E-state index contributed by atoms with van der Waals surface area (Å²) < 4.78 is 0. The molecule has 92 valence electrons. The summed E-state index contributed by atoms with van der Waals surface area (Å²) in [5.41, 5.74) is 0. The molecule has 2 N–H and O–H groups in total. The lowest BCUT2D eigenvalue weighted by molar-refractivity contribution is -0.144. The maximum absolute atomic E-state index is 11.1. The summed E-state index contributed by atoms with van der Waals surface area (Å²) in [4.78, 5) is 11.1. The van der Waals surface area contributed by atoms with Crippen LogP contribution in [0.15, 0.2) is 12.7 Å². The van der Waals surface area contributed by atoms with E-state index in [9.17, 15) is 4.79 Å². The number of aliphatic carboxylic acids is 1. The average molecular weight is 225 g/mol. The van der Waals surface area contributed by atoms with Crippen LogP contribution >= 0.6 is 0 Å². The lowest BCUT2D eigenvalue weighted by atomic mass is 9.79. The molecule has 0 saturated heterocycles. The molecular weight excluding hydrogens is 202 g/mol. The van der Waals surface area contributed by atoms with Gasteiger partial charge in [-0.05, 0) is 44.7 Å². The van der Waals surface area contributed by atoms with Crippen LogP contribution in [-0.4, -0.2) is 24.2 Å². The van der Waals surface area contributed by atoms with Gasteiger partial charge in [0.2, 0.25) is 0 Å². The summed E-state index contributed by atoms with van der Waals surface area (Å²) in [6.45, 7) is 5.50. The van der Waals surface area contributed by atoms with E-state index in [1.54, 1.807) is 0 Å². The minimum Gasteiger partial charge on any atom is -0.481 e. The lowest BCUT2D eigenvalue weighted by Crippen LogP contribution is -2.35. The topological polar surface area (TPSA) is 49.3 Å². The van der Waals surface area contributed by atoms with E-state index in [2.05, 4.69) is 11.9 Å². The third kappa shape index (κ3) is 4.35. The Morgan fingerprint density at radius 3 is 2.88 bits per heavy atom. The van der Waals surface area contributed by atoms with Crippen molar-refractivity contribution in [2.45, 2.75) is 38.5 Å². The molecule has 0 heterocycles. The molecule has 1 aliphatic rings. The molecule has 0 aromatic heterocycles. The Kier molecular flexibility index (Phi) is 6.16. The first-order chi connectivity index (χ1) is 7.75. The Morgan fingerprint density at radius 2 is 2.19 bits per heavy atom. The van der Waals surface area contributed by atoms with Gasteiger partial charge < -0.3 is 10.4 Å². The fraction of sp³-hybridized carbons (Fsp3) is 0.769. The number of hydrogen-bond acceptors (Lipinski definition) is 2. The summed E-state index contributed by atoms with van der Waals surface area (Å²) in [6, 6.07) is 0. The van der Waals surface area contributed by atoms with Gasteiger partial charge in [0, 0.05) is 0 Å². The fourth-order valence-electron chi connectivity index (χ4n) is 2.44. The van der Waals surface area contributed by atoms with E-state index in [1.807, 2.05) is 6.08 Å². The van der Waals surface area contributed by atoms with E-state index >= 15 is 0 Å². The Bertz CT molecular complexity index is 228. The number of carboxylic acids is 1. The second-order valence-corrected chi connectivity index (χ2v) is 4.62. The van der Waals surface area contributed by atoms with E-state index in [0.717, 1.165) is 45.2 Å². The van der Waals surface area contributed by atoms with Crippen LogP contribution in [0.2, 0.25) is 0 Å². The normalized spacial score (nSPS) is 25.2. The number of hydrogen-bond donors (Lipinski definition) is 2. The smallest absolute Gasteiger partial charge is 0.306 e. The standard InChI is InChI=1S/C13H23NO2/c1-2-3-6-9-14-10-11-7-4-5-8-12(11)13(15)16/h2,11-12,14H,1,3-10H2,(H,15,16). The molecule has 1 fully saturated rings. The van der Waals surface area contributed by atoms with Crippen molar-refractivity contribution in [1.82, 2.24) is 5.32 Å². The van der Waals surface area contributed by atoms with Crippen molar-refractivity contribution in [3.05, 3.63) is 12.7 Å². The van der Waals surface area contributed by atoms with Crippen LogP contribution in [0, 0.1) is 11.8 Å². The summed E-state index contributed by atoms with van der Waals surface area (Å²) >= 11 is 0. The molecule has 1 aliphatic carbocycles. The second-order valence-electron chi connectivity index (χ2n) is 4.62. The number of allylic oxidation sites excluding steroid dienone is 1. The van der Waals surface area contributed by atoms with Gasteiger partial charge >= 0.3 is 5.97 Å². The van der Waals surface area contributed by atoms with Gasteiger partial charge in [0.15, 0.2) is 0 Å². The first-order valence-electron chi connectivity index (χ1n) is 6.30. The van der Waals surface area contributed by atoms with Gasteiger partial charge in [-0.1, -0.05) is 18.9 Å². The zero-order valence-corrected chi connectivity index (χ0v) is 9.95. The highest BCUT2D eigenvalue weighted by molar-refractivity contribution is 5.70. The molecular formula is C13H23NO2. The largest absolute Gasteiger partial charge is 0.481 e. The minimum atomic E-state index is -0.613. The second kappa shape index (κ2) is 7.44.